The van der Waals surface area contributed by atoms with Crippen LogP contribution in [0.5, 0.6) is 11.5 Å². The summed E-state index contributed by atoms with van der Waals surface area (Å²) in [6.45, 7) is 1.10. The highest BCUT2D eigenvalue weighted by Gasteiger charge is 2.27. The third-order valence-corrected chi connectivity index (χ3v) is 3.19. The largest absolute Gasteiger partial charge is 0.476 e. The Balaban J connectivity index is 1.93. The van der Waals surface area contributed by atoms with E-state index in [-0.39, 0.29) is 17.5 Å². The monoisotopic (exact) mass is 274 g/mol. The molecular weight excluding hydrogens is 260 g/mol. The Labute approximate surface area is 115 Å². The van der Waals surface area contributed by atoms with Crippen molar-refractivity contribution in [3.05, 3.63) is 42.2 Å². The van der Waals surface area contributed by atoms with Gasteiger partial charge in [0.2, 0.25) is 0 Å². The molecular formula is C14H14N2O4. The predicted molar refractivity (Wildman–Crippen MR) is 70.2 cm³/mol. The van der Waals surface area contributed by atoms with Crippen molar-refractivity contribution in [3.8, 4) is 11.5 Å². The van der Waals surface area contributed by atoms with Gasteiger partial charge < -0.3 is 14.6 Å². The first-order chi connectivity index (χ1) is 9.75. The van der Waals surface area contributed by atoms with Gasteiger partial charge in [-0.25, -0.2) is 9.48 Å². The van der Waals surface area contributed by atoms with Crippen molar-refractivity contribution in [2.45, 2.75) is 12.5 Å². The smallest absolute Gasteiger partial charge is 0.358 e. The van der Waals surface area contributed by atoms with Gasteiger partial charge in [0.05, 0.1) is 18.8 Å². The van der Waals surface area contributed by atoms with E-state index in [4.69, 9.17) is 9.47 Å². The third kappa shape index (κ3) is 2.37. The van der Waals surface area contributed by atoms with Crippen LogP contribution in [-0.4, -0.2) is 34.1 Å². The average Bonchev–Trinajstić information content (AvgIpc) is 3.08. The molecule has 1 saturated heterocycles. The molecule has 6 heteroatoms. The topological polar surface area (TPSA) is 73.6 Å². The SMILES string of the molecule is O=C(O)c1c(Oc2ccccc2)cnn1C1CCOC1. The lowest BCUT2D eigenvalue weighted by Gasteiger charge is -2.11. The number of aromatic nitrogens is 2. The van der Waals surface area contributed by atoms with Gasteiger partial charge in [-0.15, -0.1) is 0 Å². The molecule has 0 amide bonds. The van der Waals surface area contributed by atoms with Crippen molar-refractivity contribution in [1.29, 1.82) is 0 Å². The van der Waals surface area contributed by atoms with Gasteiger partial charge in [0, 0.05) is 6.61 Å². The van der Waals surface area contributed by atoms with Gasteiger partial charge in [-0.1, -0.05) is 18.2 Å². The first-order valence-corrected chi connectivity index (χ1v) is 6.37. The minimum atomic E-state index is -1.06. The van der Waals surface area contributed by atoms with E-state index in [1.165, 1.54) is 10.9 Å². The van der Waals surface area contributed by atoms with E-state index in [0.717, 1.165) is 6.42 Å². The fourth-order valence-corrected chi connectivity index (χ4v) is 2.23. The molecule has 0 bridgehead atoms. The summed E-state index contributed by atoms with van der Waals surface area (Å²) < 4.78 is 12.4. The second-order valence-corrected chi connectivity index (χ2v) is 4.54. The van der Waals surface area contributed by atoms with E-state index in [1.807, 2.05) is 18.2 Å². The summed E-state index contributed by atoms with van der Waals surface area (Å²) >= 11 is 0. The van der Waals surface area contributed by atoms with Crippen LogP contribution in [0.4, 0.5) is 0 Å². The lowest BCUT2D eigenvalue weighted by atomic mass is 10.2. The molecule has 1 fully saturated rings. The maximum absolute atomic E-state index is 11.5. The van der Waals surface area contributed by atoms with E-state index >= 15 is 0 Å². The van der Waals surface area contributed by atoms with Crippen LogP contribution in [0.25, 0.3) is 0 Å². The molecule has 1 aromatic heterocycles. The lowest BCUT2D eigenvalue weighted by Crippen LogP contribution is -2.17. The zero-order valence-corrected chi connectivity index (χ0v) is 10.7. The molecule has 1 aliphatic heterocycles. The zero-order valence-electron chi connectivity index (χ0n) is 10.7. The molecule has 1 aromatic carbocycles. The number of carboxylic acids is 1. The number of rotatable bonds is 4. The van der Waals surface area contributed by atoms with Crippen LogP contribution in [0.1, 0.15) is 23.0 Å². The second kappa shape index (κ2) is 5.34. The van der Waals surface area contributed by atoms with Crippen LogP contribution in [-0.2, 0) is 4.74 Å². The number of carbonyl (C=O) groups is 1. The number of hydrogen-bond donors (Lipinski definition) is 1. The zero-order chi connectivity index (χ0) is 13.9. The van der Waals surface area contributed by atoms with E-state index in [9.17, 15) is 9.90 Å². The van der Waals surface area contributed by atoms with Crippen LogP contribution in [0.15, 0.2) is 36.5 Å². The number of benzene rings is 1. The van der Waals surface area contributed by atoms with Crippen molar-refractivity contribution < 1.29 is 19.4 Å². The van der Waals surface area contributed by atoms with Gasteiger partial charge in [0.25, 0.3) is 0 Å². The Bertz CT molecular complexity index is 603. The van der Waals surface area contributed by atoms with Crippen molar-refractivity contribution >= 4 is 5.97 Å². The van der Waals surface area contributed by atoms with Crippen molar-refractivity contribution in [1.82, 2.24) is 9.78 Å². The van der Waals surface area contributed by atoms with Gasteiger partial charge in [-0.2, -0.15) is 5.10 Å². The summed E-state index contributed by atoms with van der Waals surface area (Å²) in [6.07, 6.45) is 2.20. The Hall–Kier alpha value is -2.34. The number of carboxylic acid groups (broad SMARTS) is 1. The Morgan fingerprint density at radius 3 is 2.85 bits per heavy atom. The first kappa shape index (κ1) is 12.7. The van der Waals surface area contributed by atoms with Gasteiger partial charge >= 0.3 is 5.97 Å². The van der Waals surface area contributed by atoms with Crippen molar-refractivity contribution in [2.24, 2.45) is 0 Å². The Kier molecular flexibility index (Phi) is 3.39. The minimum absolute atomic E-state index is 0.0470. The first-order valence-electron chi connectivity index (χ1n) is 6.37. The molecule has 0 saturated carbocycles. The molecule has 6 nitrogen and oxygen atoms in total. The second-order valence-electron chi connectivity index (χ2n) is 4.54. The number of para-hydroxylation sites is 1. The molecule has 2 aromatic rings. The summed E-state index contributed by atoms with van der Waals surface area (Å²) in [5, 5.41) is 13.5. The quantitative estimate of drug-likeness (QED) is 0.926. The van der Waals surface area contributed by atoms with Gasteiger partial charge in [0.1, 0.15) is 5.75 Å². The average molecular weight is 274 g/mol. The maximum Gasteiger partial charge on any atom is 0.358 e. The molecule has 104 valence electrons. The highest BCUT2D eigenvalue weighted by molar-refractivity contribution is 5.89. The fourth-order valence-electron chi connectivity index (χ4n) is 2.23. The van der Waals surface area contributed by atoms with E-state index < -0.39 is 5.97 Å². The fraction of sp³-hybridized carbons (Fsp3) is 0.286. The van der Waals surface area contributed by atoms with E-state index in [1.54, 1.807) is 12.1 Å². The van der Waals surface area contributed by atoms with Crippen molar-refractivity contribution in [2.75, 3.05) is 13.2 Å². The van der Waals surface area contributed by atoms with Gasteiger partial charge in [-0.05, 0) is 18.6 Å². The van der Waals surface area contributed by atoms with Crippen LogP contribution in [0.2, 0.25) is 0 Å². The number of nitrogens with zero attached hydrogens (tertiary/aromatic N) is 2. The highest BCUT2D eigenvalue weighted by Crippen LogP contribution is 2.29. The molecule has 2 heterocycles. The highest BCUT2D eigenvalue weighted by atomic mass is 16.5. The lowest BCUT2D eigenvalue weighted by molar-refractivity contribution is 0.0676. The van der Waals surface area contributed by atoms with Crippen LogP contribution < -0.4 is 4.74 Å². The van der Waals surface area contributed by atoms with Gasteiger partial charge in [-0.3, -0.25) is 0 Å². The van der Waals surface area contributed by atoms with Crippen molar-refractivity contribution in [3.63, 3.8) is 0 Å². The van der Waals surface area contributed by atoms with Crippen LogP contribution in [0, 0.1) is 0 Å². The Morgan fingerprint density at radius 1 is 1.40 bits per heavy atom. The molecule has 1 aliphatic rings. The number of ether oxygens (including phenoxy) is 2. The molecule has 1 N–H and O–H groups in total. The number of hydrogen-bond acceptors (Lipinski definition) is 4. The van der Waals surface area contributed by atoms with E-state index in [2.05, 4.69) is 5.10 Å². The van der Waals surface area contributed by atoms with Gasteiger partial charge in [0.15, 0.2) is 11.4 Å². The van der Waals surface area contributed by atoms with Crippen LogP contribution >= 0.6 is 0 Å². The summed E-state index contributed by atoms with van der Waals surface area (Å²) in [4.78, 5) is 11.5. The molecule has 0 radical (unpaired) electrons. The van der Waals surface area contributed by atoms with Crippen LogP contribution in [0.3, 0.4) is 0 Å². The Morgan fingerprint density at radius 2 is 2.20 bits per heavy atom. The summed E-state index contributed by atoms with van der Waals surface area (Å²) in [5.74, 6) is -0.229. The third-order valence-electron chi connectivity index (χ3n) is 3.19. The normalized spacial score (nSPS) is 18.1. The summed E-state index contributed by atoms with van der Waals surface area (Å²) in [6, 6.07) is 9.00. The molecule has 1 atom stereocenters. The molecule has 0 spiro atoms. The minimum Gasteiger partial charge on any atom is -0.476 e. The predicted octanol–water partition coefficient (Wildman–Crippen LogP) is 2.33. The standard InChI is InChI=1S/C14H14N2O4/c17-14(18)13-12(20-11-4-2-1-3-5-11)8-15-16(13)10-6-7-19-9-10/h1-5,8,10H,6-7,9H2,(H,17,18). The number of aromatic carboxylic acids is 1. The van der Waals surface area contributed by atoms with E-state index in [0.29, 0.717) is 19.0 Å². The maximum atomic E-state index is 11.5. The summed E-state index contributed by atoms with van der Waals surface area (Å²) in [7, 11) is 0. The summed E-state index contributed by atoms with van der Waals surface area (Å²) in [5.41, 5.74) is 0.0596. The molecule has 3 rings (SSSR count). The molecule has 1 unspecified atom stereocenters. The molecule has 20 heavy (non-hydrogen) atoms. The molecule has 0 aliphatic carbocycles.